The van der Waals surface area contributed by atoms with Crippen LogP contribution in [0.3, 0.4) is 0 Å². The highest BCUT2D eigenvalue weighted by atomic mass is 15.1. The van der Waals surface area contributed by atoms with Crippen molar-refractivity contribution in [3.05, 3.63) is 0 Å². The second kappa shape index (κ2) is 9.77. The van der Waals surface area contributed by atoms with Crippen LogP contribution in [-0.2, 0) is 0 Å². The number of hydrogen-bond acceptors (Lipinski definition) is 2. The summed E-state index contributed by atoms with van der Waals surface area (Å²) in [6.07, 6.45) is 3.89. The molecule has 0 aliphatic carbocycles. The van der Waals surface area contributed by atoms with Crippen molar-refractivity contribution in [2.75, 3.05) is 33.2 Å². The van der Waals surface area contributed by atoms with Gasteiger partial charge in [-0.15, -0.1) is 0 Å². The molecule has 0 saturated heterocycles. The van der Waals surface area contributed by atoms with E-state index in [0.717, 1.165) is 24.9 Å². The molecule has 0 bridgehead atoms. The van der Waals surface area contributed by atoms with Crippen molar-refractivity contribution in [2.45, 2.75) is 60.8 Å². The first-order chi connectivity index (χ1) is 8.79. The van der Waals surface area contributed by atoms with E-state index >= 15 is 0 Å². The van der Waals surface area contributed by atoms with Crippen molar-refractivity contribution < 1.29 is 0 Å². The van der Waals surface area contributed by atoms with E-state index in [-0.39, 0.29) is 0 Å². The van der Waals surface area contributed by atoms with Gasteiger partial charge in [0.05, 0.1) is 0 Å². The molecule has 0 spiro atoms. The van der Waals surface area contributed by atoms with Crippen molar-refractivity contribution in [3.63, 3.8) is 0 Å². The van der Waals surface area contributed by atoms with E-state index in [4.69, 9.17) is 0 Å². The van der Waals surface area contributed by atoms with Gasteiger partial charge in [0.1, 0.15) is 0 Å². The van der Waals surface area contributed by atoms with Crippen molar-refractivity contribution in [2.24, 2.45) is 17.3 Å². The summed E-state index contributed by atoms with van der Waals surface area (Å²) in [7, 11) is 2.28. The van der Waals surface area contributed by atoms with Crippen molar-refractivity contribution in [3.8, 4) is 0 Å². The summed E-state index contributed by atoms with van der Waals surface area (Å²) in [5, 5.41) is 3.65. The van der Waals surface area contributed by atoms with Gasteiger partial charge in [-0.05, 0) is 50.2 Å². The lowest BCUT2D eigenvalue weighted by Gasteiger charge is -2.34. The molecule has 116 valence electrons. The molecular formula is C17H38N2. The van der Waals surface area contributed by atoms with E-state index in [1.807, 2.05) is 0 Å². The topological polar surface area (TPSA) is 15.3 Å². The van der Waals surface area contributed by atoms with Crippen LogP contribution in [0.2, 0.25) is 0 Å². The summed E-state index contributed by atoms with van der Waals surface area (Å²) in [5.41, 5.74) is 0.412. The largest absolute Gasteiger partial charge is 0.316 e. The van der Waals surface area contributed by atoms with E-state index in [2.05, 4.69) is 58.8 Å². The molecule has 0 aliphatic heterocycles. The molecule has 1 unspecified atom stereocenters. The molecule has 2 heteroatoms. The lowest BCUT2D eigenvalue weighted by atomic mass is 9.84. The second-order valence-electron chi connectivity index (χ2n) is 7.51. The molecule has 0 aliphatic rings. The fraction of sp³-hybridized carbons (Fsp3) is 1.00. The van der Waals surface area contributed by atoms with E-state index in [1.54, 1.807) is 0 Å². The Morgan fingerprint density at radius 1 is 1.11 bits per heavy atom. The van der Waals surface area contributed by atoms with Crippen LogP contribution in [0.25, 0.3) is 0 Å². The molecule has 0 rings (SSSR count). The minimum absolute atomic E-state index is 0.412. The monoisotopic (exact) mass is 270 g/mol. The molecule has 2 nitrogen and oxygen atoms in total. The molecule has 0 heterocycles. The van der Waals surface area contributed by atoms with Gasteiger partial charge in [0, 0.05) is 13.1 Å². The van der Waals surface area contributed by atoms with Crippen LogP contribution in [0.5, 0.6) is 0 Å². The highest BCUT2D eigenvalue weighted by Crippen LogP contribution is 2.24. The SMILES string of the molecule is CCCC(C)(CNCC(C)C)CN(C)CCC(C)C. The number of nitrogens with one attached hydrogen (secondary N) is 1. The van der Waals surface area contributed by atoms with Crippen molar-refractivity contribution in [1.29, 1.82) is 0 Å². The zero-order chi connectivity index (χ0) is 14.9. The second-order valence-corrected chi connectivity index (χ2v) is 7.51. The van der Waals surface area contributed by atoms with Crippen LogP contribution >= 0.6 is 0 Å². The van der Waals surface area contributed by atoms with E-state index in [0.29, 0.717) is 5.41 Å². The Kier molecular flexibility index (Phi) is 9.72. The van der Waals surface area contributed by atoms with Gasteiger partial charge in [-0.2, -0.15) is 0 Å². The molecule has 1 atom stereocenters. The van der Waals surface area contributed by atoms with Crippen molar-refractivity contribution in [1.82, 2.24) is 10.2 Å². The van der Waals surface area contributed by atoms with Crippen LogP contribution in [0, 0.1) is 17.3 Å². The van der Waals surface area contributed by atoms with Gasteiger partial charge in [-0.3, -0.25) is 0 Å². The number of rotatable bonds is 11. The van der Waals surface area contributed by atoms with Gasteiger partial charge in [0.2, 0.25) is 0 Å². The average Bonchev–Trinajstić information content (AvgIpc) is 2.25. The van der Waals surface area contributed by atoms with Crippen LogP contribution in [0.15, 0.2) is 0 Å². The summed E-state index contributed by atoms with van der Waals surface area (Å²) < 4.78 is 0. The summed E-state index contributed by atoms with van der Waals surface area (Å²) in [4.78, 5) is 2.52. The standard InChI is InChI=1S/C17H38N2/c1-8-10-17(6,13-18-12-16(4)5)14-19(7)11-9-15(2)3/h15-16,18H,8-14H2,1-7H3. The third kappa shape index (κ3) is 10.4. The fourth-order valence-electron chi connectivity index (χ4n) is 2.70. The predicted molar refractivity (Wildman–Crippen MR) is 87.7 cm³/mol. The Hall–Kier alpha value is -0.0800. The maximum atomic E-state index is 3.65. The minimum atomic E-state index is 0.412. The third-order valence-corrected chi connectivity index (χ3v) is 3.70. The zero-order valence-corrected chi connectivity index (χ0v) is 14.6. The van der Waals surface area contributed by atoms with Crippen LogP contribution in [0.4, 0.5) is 0 Å². The average molecular weight is 271 g/mol. The molecule has 0 aromatic carbocycles. The summed E-state index contributed by atoms with van der Waals surface area (Å²) >= 11 is 0. The molecule has 0 amide bonds. The lowest BCUT2D eigenvalue weighted by molar-refractivity contribution is 0.167. The first-order valence-electron chi connectivity index (χ1n) is 8.18. The third-order valence-electron chi connectivity index (χ3n) is 3.70. The van der Waals surface area contributed by atoms with Gasteiger partial charge in [-0.25, -0.2) is 0 Å². The van der Waals surface area contributed by atoms with Crippen LogP contribution in [0.1, 0.15) is 60.8 Å². The molecule has 0 aromatic rings. The Balaban J connectivity index is 4.19. The van der Waals surface area contributed by atoms with Crippen LogP contribution in [-0.4, -0.2) is 38.1 Å². The maximum Gasteiger partial charge on any atom is 0.00444 e. The van der Waals surface area contributed by atoms with Crippen molar-refractivity contribution >= 4 is 0 Å². The number of hydrogen-bond donors (Lipinski definition) is 1. The Bertz CT molecular complexity index is 213. The van der Waals surface area contributed by atoms with E-state index < -0.39 is 0 Å². The highest BCUT2D eigenvalue weighted by Gasteiger charge is 2.24. The quantitative estimate of drug-likeness (QED) is 0.610. The van der Waals surface area contributed by atoms with E-state index in [1.165, 1.54) is 32.4 Å². The molecule has 0 saturated carbocycles. The first-order valence-corrected chi connectivity index (χ1v) is 8.18. The molecular weight excluding hydrogens is 232 g/mol. The summed E-state index contributed by atoms with van der Waals surface area (Å²) in [6.45, 7) is 18.6. The normalized spacial score (nSPS) is 15.5. The minimum Gasteiger partial charge on any atom is -0.316 e. The lowest BCUT2D eigenvalue weighted by Crippen LogP contribution is -2.42. The van der Waals surface area contributed by atoms with Gasteiger partial charge in [0.15, 0.2) is 0 Å². The summed E-state index contributed by atoms with van der Waals surface area (Å²) in [6, 6.07) is 0. The number of nitrogens with zero attached hydrogens (tertiary/aromatic N) is 1. The smallest absolute Gasteiger partial charge is 0.00444 e. The van der Waals surface area contributed by atoms with E-state index in [9.17, 15) is 0 Å². The molecule has 0 radical (unpaired) electrons. The maximum absolute atomic E-state index is 3.65. The zero-order valence-electron chi connectivity index (χ0n) is 14.6. The molecule has 0 fully saturated rings. The molecule has 19 heavy (non-hydrogen) atoms. The van der Waals surface area contributed by atoms with Gasteiger partial charge in [0.25, 0.3) is 0 Å². The van der Waals surface area contributed by atoms with Crippen LogP contribution < -0.4 is 5.32 Å². The highest BCUT2D eigenvalue weighted by molar-refractivity contribution is 4.80. The Labute approximate surface area is 122 Å². The Morgan fingerprint density at radius 3 is 2.21 bits per heavy atom. The van der Waals surface area contributed by atoms with Gasteiger partial charge in [-0.1, -0.05) is 48.0 Å². The first kappa shape index (κ1) is 18.9. The molecule has 0 aromatic heterocycles. The summed E-state index contributed by atoms with van der Waals surface area (Å²) in [5.74, 6) is 1.54. The fourth-order valence-corrected chi connectivity index (χ4v) is 2.70. The molecule has 1 N–H and O–H groups in total. The predicted octanol–water partition coefficient (Wildman–Crippen LogP) is 4.02. The van der Waals surface area contributed by atoms with Gasteiger partial charge < -0.3 is 10.2 Å². The van der Waals surface area contributed by atoms with Gasteiger partial charge >= 0.3 is 0 Å². The Morgan fingerprint density at radius 2 is 1.74 bits per heavy atom.